The summed E-state index contributed by atoms with van der Waals surface area (Å²) in [6, 6.07) is 12.6. The minimum absolute atomic E-state index is 0.0493. The summed E-state index contributed by atoms with van der Waals surface area (Å²) in [7, 11) is 3.72. The van der Waals surface area contributed by atoms with Gasteiger partial charge < -0.3 is 20.9 Å². The van der Waals surface area contributed by atoms with Crippen molar-refractivity contribution in [2.24, 2.45) is 4.99 Å². The average Bonchev–Trinajstić information content (AvgIpc) is 2.67. The number of aliphatic imine (C=N–C) groups is 1. The van der Waals surface area contributed by atoms with Crippen LogP contribution in [0.15, 0.2) is 47.5 Å². The van der Waals surface area contributed by atoms with E-state index in [0.717, 1.165) is 41.3 Å². The van der Waals surface area contributed by atoms with E-state index in [2.05, 4.69) is 20.9 Å². The van der Waals surface area contributed by atoms with E-state index in [9.17, 15) is 9.18 Å². The summed E-state index contributed by atoms with van der Waals surface area (Å²) in [6.45, 7) is 6.21. The second-order valence-corrected chi connectivity index (χ2v) is 7.43. The molecule has 0 radical (unpaired) electrons. The second-order valence-electron chi connectivity index (χ2n) is 7.43. The van der Waals surface area contributed by atoms with Gasteiger partial charge in [0.25, 0.3) is 0 Å². The highest BCUT2D eigenvalue weighted by Crippen LogP contribution is 2.12. The third kappa shape index (κ3) is 8.21. The number of benzene rings is 2. The number of aryl methyl sites for hydroxylation is 1. The lowest BCUT2D eigenvalue weighted by Crippen LogP contribution is -2.38. The maximum Gasteiger partial charge on any atom is 0.238 e. The van der Waals surface area contributed by atoms with Gasteiger partial charge in [-0.25, -0.2) is 9.38 Å². The van der Waals surface area contributed by atoms with E-state index >= 15 is 0 Å². The Kier molecular flexibility index (Phi) is 9.28. The minimum atomic E-state index is -0.209. The molecule has 0 bridgehead atoms. The number of likely N-dealkylation sites (N-methyl/N-ethyl adjacent to an activating group) is 1. The van der Waals surface area contributed by atoms with Crippen molar-refractivity contribution in [1.82, 2.24) is 15.5 Å². The molecular weight excluding hydrogens is 381 g/mol. The molecular formula is C23H32FN5O. The molecule has 6 nitrogen and oxygen atoms in total. The van der Waals surface area contributed by atoms with Crippen LogP contribution in [-0.4, -0.2) is 50.5 Å². The maximum atomic E-state index is 13.2. The molecule has 0 saturated heterocycles. The molecule has 0 atom stereocenters. The smallest absolute Gasteiger partial charge is 0.238 e. The largest absolute Gasteiger partial charge is 0.357 e. The third-order valence-corrected chi connectivity index (χ3v) is 4.43. The molecule has 1 amide bonds. The number of hydrogen-bond acceptors (Lipinski definition) is 3. The molecule has 162 valence electrons. The standard InChI is InChI=1S/C23H32FN5O/c1-5-25-23(26-12-11-19-9-10-20(24)13-17(19)2)27-15-18-7-6-8-21(14-18)28-22(30)16-29(3)4/h6-10,13-14H,5,11-12,15-16H2,1-4H3,(H,28,30)(H2,25,26,27). The first kappa shape index (κ1) is 23.3. The molecule has 30 heavy (non-hydrogen) atoms. The van der Waals surface area contributed by atoms with Gasteiger partial charge in [0.05, 0.1) is 13.1 Å². The Bertz CT molecular complexity index is 866. The highest BCUT2D eigenvalue weighted by molar-refractivity contribution is 5.92. The van der Waals surface area contributed by atoms with Gasteiger partial charge in [0, 0.05) is 18.8 Å². The molecule has 0 aliphatic heterocycles. The summed E-state index contributed by atoms with van der Waals surface area (Å²) in [5.74, 6) is 0.463. The number of anilines is 1. The Balaban J connectivity index is 1.93. The van der Waals surface area contributed by atoms with E-state index in [4.69, 9.17) is 0 Å². The van der Waals surface area contributed by atoms with Gasteiger partial charge in [-0.05, 0) is 75.3 Å². The first-order valence-electron chi connectivity index (χ1n) is 10.2. The van der Waals surface area contributed by atoms with Crippen LogP contribution in [0.1, 0.15) is 23.6 Å². The van der Waals surface area contributed by atoms with Crippen LogP contribution in [0, 0.1) is 12.7 Å². The molecule has 2 aromatic rings. The molecule has 0 aliphatic rings. The number of halogens is 1. The normalized spacial score (nSPS) is 11.5. The van der Waals surface area contributed by atoms with Crippen molar-refractivity contribution in [2.75, 3.05) is 39.0 Å². The van der Waals surface area contributed by atoms with Crippen molar-refractivity contribution in [2.45, 2.75) is 26.8 Å². The Morgan fingerprint density at radius 2 is 1.93 bits per heavy atom. The maximum absolute atomic E-state index is 13.2. The van der Waals surface area contributed by atoms with Gasteiger partial charge in [0.1, 0.15) is 5.82 Å². The summed E-state index contributed by atoms with van der Waals surface area (Å²) in [5.41, 5.74) is 3.83. The lowest BCUT2D eigenvalue weighted by atomic mass is 10.1. The van der Waals surface area contributed by atoms with Crippen molar-refractivity contribution < 1.29 is 9.18 Å². The van der Waals surface area contributed by atoms with Crippen molar-refractivity contribution >= 4 is 17.6 Å². The molecule has 0 aliphatic carbocycles. The van der Waals surface area contributed by atoms with E-state index in [1.807, 2.05) is 63.2 Å². The monoisotopic (exact) mass is 413 g/mol. The van der Waals surface area contributed by atoms with Crippen LogP contribution >= 0.6 is 0 Å². The van der Waals surface area contributed by atoms with Crippen LogP contribution in [0.4, 0.5) is 10.1 Å². The van der Waals surface area contributed by atoms with Crippen molar-refractivity contribution in [3.05, 3.63) is 65.0 Å². The summed E-state index contributed by atoms with van der Waals surface area (Å²) in [6.07, 6.45) is 0.782. The summed E-state index contributed by atoms with van der Waals surface area (Å²) < 4.78 is 13.2. The highest BCUT2D eigenvalue weighted by atomic mass is 19.1. The Hall–Kier alpha value is -2.93. The summed E-state index contributed by atoms with van der Waals surface area (Å²) in [5, 5.41) is 9.46. The van der Waals surface area contributed by atoms with Gasteiger partial charge in [-0.3, -0.25) is 4.79 Å². The quantitative estimate of drug-likeness (QED) is 0.437. The van der Waals surface area contributed by atoms with Gasteiger partial charge in [-0.1, -0.05) is 18.2 Å². The Labute approximate surface area is 178 Å². The fourth-order valence-electron chi connectivity index (χ4n) is 3.00. The van der Waals surface area contributed by atoms with Crippen LogP contribution in [0.25, 0.3) is 0 Å². The number of nitrogens with zero attached hydrogens (tertiary/aromatic N) is 2. The van der Waals surface area contributed by atoms with Gasteiger partial charge in [-0.2, -0.15) is 0 Å². The van der Waals surface area contributed by atoms with E-state index < -0.39 is 0 Å². The molecule has 0 heterocycles. The molecule has 2 aromatic carbocycles. The number of rotatable bonds is 9. The zero-order valence-electron chi connectivity index (χ0n) is 18.3. The lowest BCUT2D eigenvalue weighted by molar-refractivity contribution is -0.116. The predicted octanol–water partition coefficient (Wildman–Crippen LogP) is 2.93. The van der Waals surface area contributed by atoms with Crippen molar-refractivity contribution in [1.29, 1.82) is 0 Å². The molecule has 0 aromatic heterocycles. The molecule has 0 fully saturated rings. The van der Waals surface area contributed by atoms with Gasteiger partial charge in [0.15, 0.2) is 5.96 Å². The topological polar surface area (TPSA) is 68.8 Å². The Morgan fingerprint density at radius 3 is 2.63 bits per heavy atom. The first-order chi connectivity index (χ1) is 14.4. The molecule has 0 saturated carbocycles. The lowest BCUT2D eigenvalue weighted by Gasteiger charge is -2.13. The molecule has 2 rings (SSSR count). The second kappa shape index (κ2) is 11.9. The van der Waals surface area contributed by atoms with Crippen molar-refractivity contribution in [3.8, 4) is 0 Å². The van der Waals surface area contributed by atoms with Crippen LogP contribution in [0.3, 0.4) is 0 Å². The van der Waals surface area contributed by atoms with Crippen molar-refractivity contribution in [3.63, 3.8) is 0 Å². The van der Waals surface area contributed by atoms with E-state index in [0.29, 0.717) is 19.6 Å². The number of hydrogen-bond donors (Lipinski definition) is 3. The van der Waals surface area contributed by atoms with Gasteiger partial charge >= 0.3 is 0 Å². The fourth-order valence-corrected chi connectivity index (χ4v) is 3.00. The molecule has 0 unspecified atom stereocenters. The van der Waals surface area contributed by atoms with Gasteiger partial charge in [0.2, 0.25) is 5.91 Å². The van der Waals surface area contributed by atoms with E-state index in [1.165, 1.54) is 6.07 Å². The summed E-state index contributed by atoms with van der Waals surface area (Å²) in [4.78, 5) is 18.4. The van der Waals surface area contributed by atoms with Crippen LogP contribution in [-0.2, 0) is 17.8 Å². The number of nitrogens with one attached hydrogen (secondary N) is 3. The number of guanidine groups is 1. The zero-order valence-corrected chi connectivity index (χ0v) is 18.3. The average molecular weight is 414 g/mol. The first-order valence-corrected chi connectivity index (χ1v) is 10.2. The SMILES string of the molecule is CCNC(=NCc1cccc(NC(=O)CN(C)C)c1)NCCc1ccc(F)cc1C. The third-order valence-electron chi connectivity index (χ3n) is 4.43. The Morgan fingerprint density at radius 1 is 1.13 bits per heavy atom. The fraction of sp³-hybridized carbons (Fsp3) is 0.391. The molecule has 3 N–H and O–H groups in total. The number of carbonyl (C=O) groups is 1. The molecule has 0 spiro atoms. The van der Waals surface area contributed by atoms with Crippen LogP contribution in [0.2, 0.25) is 0 Å². The molecule has 7 heteroatoms. The number of amides is 1. The number of carbonyl (C=O) groups excluding carboxylic acids is 1. The zero-order chi connectivity index (χ0) is 21.9. The van der Waals surface area contributed by atoms with Crippen LogP contribution in [0.5, 0.6) is 0 Å². The highest BCUT2D eigenvalue weighted by Gasteiger charge is 2.05. The van der Waals surface area contributed by atoms with Gasteiger partial charge in [-0.15, -0.1) is 0 Å². The summed E-state index contributed by atoms with van der Waals surface area (Å²) >= 11 is 0. The minimum Gasteiger partial charge on any atom is -0.357 e. The van der Waals surface area contributed by atoms with E-state index in [-0.39, 0.29) is 11.7 Å². The predicted molar refractivity (Wildman–Crippen MR) is 121 cm³/mol. The van der Waals surface area contributed by atoms with E-state index in [1.54, 1.807) is 6.07 Å². The van der Waals surface area contributed by atoms with Crippen LogP contribution < -0.4 is 16.0 Å².